The molecule has 0 unspecified atom stereocenters. The van der Waals surface area contributed by atoms with Crippen LogP contribution >= 0.6 is 0 Å². The summed E-state index contributed by atoms with van der Waals surface area (Å²) in [6.45, 7) is -0.266. The number of nitrogens with one attached hydrogen (secondary N) is 2. The fourth-order valence-corrected chi connectivity index (χ4v) is 1.25. The average Bonchev–Trinajstić information content (AvgIpc) is 2.87. The Labute approximate surface area is 96.8 Å². The Bertz CT molecular complexity index is 540. The Balaban J connectivity index is 2.33. The lowest BCUT2D eigenvalue weighted by molar-refractivity contribution is 0.381. The molecule has 0 saturated carbocycles. The first-order valence-electron chi connectivity index (χ1n) is 4.62. The number of aromatic amines is 1. The predicted octanol–water partition coefficient (Wildman–Crippen LogP) is 2.11. The molecular formula is C9H5F5N4. The molecule has 0 aliphatic rings. The van der Waals surface area contributed by atoms with Crippen LogP contribution in [0.15, 0.2) is 6.33 Å². The molecule has 0 aliphatic carbocycles. The Morgan fingerprint density at radius 2 is 1.50 bits per heavy atom. The van der Waals surface area contributed by atoms with Crippen LogP contribution in [-0.4, -0.2) is 15.2 Å². The molecule has 18 heavy (non-hydrogen) atoms. The maximum Gasteiger partial charge on any atom is 0.200 e. The van der Waals surface area contributed by atoms with Gasteiger partial charge in [-0.25, -0.2) is 26.9 Å². The van der Waals surface area contributed by atoms with Crippen molar-refractivity contribution in [2.24, 2.45) is 0 Å². The molecule has 9 heteroatoms. The van der Waals surface area contributed by atoms with Gasteiger partial charge in [0.1, 0.15) is 17.8 Å². The minimum atomic E-state index is -2.20. The van der Waals surface area contributed by atoms with Crippen LogP contribution in [-0.2, 0) is 6.54 Å². The van der Waals surface area contributed by atoms with E-state index in [1.807, 2.05) is 0 Å². The third kappa shape index (κ3) is 1.98. The summed E-state index contributed by atoms with van der Waals surface area (Å²) in [4.78, 5) is 3.62. The van der Waals surface area contributed by atoms with E-state index < -0.39 is 34.8 Å². The SMILES string of the molecule is Fc1c(F)c(F)c(NCc2ncn[nH]2)c(F)c1F. The zero-order valence-corrected chi connectivity index (χ0v) is 8.57. The molecule has 1 aromatic carbocycles. The Kier molecular flexibility index (Phi) is 3.13. The highest BCUT2D eigenvalue weighted by Gasteiger charge is 2.25. The Hall–Kier alpha value is -2.19. The molecule has 1 aromatic heterocycles. The van der Waals surface area contributed by atoms with E-state index in [1.165, 1.54) is 0 Å². The summed E-state index contributed by atoms with van der Waals surface area (Å²) in [6.07, 6.45) is 1.13. The van der Waals surface area contributed by atoms with E-state index in [4.69, 9.17) is 0 Å². The summed E-state index contributed by atoms with van der Waals surface area (Å²) in [6, 6.07) is 0. The molecule has 2 rings (SSSR count). The monoisotopic (exact) mass is 264 g/mol. The molecular weight excluding hydrogens is 259 g/mol. The molecule has 0 atom stereocenters. The van der Waals surface area contributed by atoms with Crippen LogP contribution in [0, 0.1) is 29.1 Å². The Morgan fingerprint density at radius 3 is 2.00 bits per heavy atom. The van der Waals surface area contributed by atoms with Gasteiger partial charge in [0, 0.05) is 0 Å². The molecule has 96 valence electrons. The number of halogens is 5. The van der Waals surface area contributed by atoms with Crippen LogP contribution < -0.4 is 5.32 Å². The van der Waals surface area contributed by atoms with E-state index in [1.54, 1.807) is 0 Å². The van der Waals surface area contributed by atoms with Crippen molar-refractivity contribution in [3.63, 3.8) is 0 Å². The van der Waals surface area contributed by atoms with Crippen molar-refractivity contribution in [1.82, 2.24) is 15.2 Å². The summed E-state index contributed by atoms with van der Waals surface area (Å²) in [5.41, 5.74) is -1.11. The molecule has 0 saturated heterocycles. The van der Waals surface area contributed by atoms with Crippen LogP contribution in [0.4, 0.5) is 27.6 Å². The lowest BCUT2D eigenvalue weighted by Crippen LogP contribution is -2.10. The maximum absolute atomic E-state index is 13.2. The number of nitrogens with zero attached hydrogens (tertiary/aromatic N) is 2. The number of hydrogen-bond donors (Lipinski definition) is 2. The average molecular weight is 264 g/mol. The summed E-state index contributed by atoms with van der Waals surface area (Å²) in [5.74, 6) is -9.88. The van der Waals surface area contributed by atoms with Crippen LogP contribution in [0.2, 0.25) is 0 Å². The van der Waals surface area contributed by atoms with Gasteiger partial charge in [0.25, 0.3) is 0 Å². The summed E-state index contributed by atoms with van der Waals surface area (Å²) in [7, 11) is 0. The van der Waals surface area contributed by atoms with Gasteiger partial charge in [-0.3, -0.25) is 5.10 Å². The third-order valence-electron chi connectivity index (χ3n) is 2.11. The van der Waals surface area contributed by atoms with E-state index >= 15 is 0 Å². The second-order valence-corrected chi connectivity index (χ2v) is 3.23. The zero-order chi connectivity index (χ0) is 13.3. The molecule has 2 N–H and O–H groups in total. The number of aromatic nitrogens is 3. The first-order chi connectivity index (χ1) is 8.52. The molecule has 0 fully saturated rings. The standard InChI is InChI=1S/C9H5F5N4/c10-4-5(11)7(13)9(8(14)6(4)12)15-1-3-16-2-17-18-3/h2,15H,1H2,(H,16,17,18). The second kappa shape index (κ2) is 4.59. The van der Waals surface area contributed by atoms with Crippen LogP contribution in [0.3, 0.4) is 0 Å². The summed E-state index contributed by atoms with van der Waals surface area (Å²) >= 11 is 0. The van der Waals surface area contributed by atoms with E-state index in [0.29, 0.717) is 0 Å². The minimum absolute atomic E-state index is 0.180. The highest BCUT2D eigenvalue weighted by molar-refractivity contribution is 5.47. The minimum Gasteiger partial charge on any atom is -0.373 e. The molecule has 0 bridgehead atoms. The first-order valence-corrected chi connectivity index (χ1v) is 4.62. The summed E-state index contributed by atoms with van der Waals surface area (Å²) in [5, 5.41) is 7.88. The van der Waals surface area contributed by atoms with Crippen molar-refractivity contribution < 1.29 is 22.0 Å². The fraction of sp³-hybridized carbons (Fsp3) is 0.111. The van der Waals surface area contributed by atoms with Crippen molar-refractivity contribution in [2.75, 3.05) is 5.32 Å². The third-order valence-corrected chi connectivity index (χ3v) is 2.11. The van der Waals surface area contributed by atoms with Gasteiger partial charge >= 0.3 is 0 Å². The predicted molar refractivity (Wildman–Crippen MR) is 49.9 cm³/mol. The number of benzene rings is 1. The zero-order valence-electron chi connectivity index (χ0n) is 8.57. The number of hydrogen-bond acceptors (Lipinski definition) is 3. The van der Waals surface area contributed by atoms with Crippen LogP contribution in [0.25, 0.3) is 0 Å². The van der Waals surface area contributed by atoms with Gasteiger partial charge in [-0.05, 0) is 0 Å². The second-order valence-electron chi connectivity index (χ2n) is 3.23. The molecule has 0 aliphatic heterocycles. The molecule has 4 nitrogen and oxygen atoms in total. The highest BCUT2D eigenvalue weighted by atomic mass is 19.2. The largest absolute Gasteiger partial charge is 0.373 e. The Morgan fingerprint density at radius 1 is 0.944 bits per heavy atom. The quantitative estimate of drug-likeness (QED) is 0.507. The molecule has 0 spiro atoms. The van der Waals surface area contributed by atoms with Gasteiger partial charge in [-0.2, -0.15) is 5.10 Å². The first kappa shape index (κ1) is 12.3. The fourth-order valence-electron chi connectivity index (χ4n) is 1.25. The van der Waals surface area contributed by atoms with Gasteiger partial charge in [0.15, 0.2) is 23.3 Å². The lowest BCUT2D eigenvalue weighted by Gasteiger charge is -2.09. The number of rotatable bonds is 3. The van der Waals surface area contributed by atoms with Crippen molar-refractivity contribution >= 4 is 5.69 Å². The van der Waals surface area contributed by atoms with Crippen molar-refractivity contribution in [1.29, 1.82) is 0 Å². The normalized spacial score (nSPS) is 10.7. The topological polar surface area (TPSA) is 53.6 Å². The highest BCUT2D eigenvalue weighted by Crippen LogP contribution is 2.27. The van der Waals surface area contributed by atoms with Crippen molar-refractivity contribution in [3.05, 3.63) is 41.2 Å². The van der Waals surface area contributed by atoms with Crippen LogP contribution in [0.5, 0.6) is 0 Å². The summed E-state index contributed by atoms with van der Waals surface area (Å²) < 4.78 is 64.8. The molecule has 0 radical (unpaired) electrons. The van der Waals surface area contributed by atoms with Gasteiger partial charge in [-0.15, -0.1) is 0 Å². The van der Waals surface area contributed by atoms with Crippen LogP contribution in [0.1, 0.15) is 5.82 Å². The van der Waals surface area contributed by atoms with Crippen molar-refractivity contribution in [3.8, 4) is 0 Å². The number of anilines is 1. The van der Waals surface area contributed by atoms with E-state index in [2.05, 4.69) is 20.5 Å². The van der Waals surface area contributed by atoms with Gasteiger partial charge in [0.05, 0.1) is 6.54 Å². The smallest absolute Gasteiger partial charge is 0.200 e. The lowest BCUT2D eigenvalue weighted by atomic mass is 10.2. The van der Waals surface area contributed by atoms with Crippen molar-refractivity contribution in [2.45, 2.75) is 6.54 Å². The van der Waals surface area contributed by atoms with E-state index in [0.717, 1.165) is 6.33 Å². The molecule has 2 aromatic rings. The van der Waals surface area contributed by atoms with Gasteiger partial charge in [0.2, 0.25) is 5.82 Å². The molecule has 1 heterocycles. The van der Waals surface area contributed by atoms with Gasteiger partial charge in [-0.1, -0.05) is 0 Å². The number of H-pyrrole nitrogens is 1. The van der Waals surface area contributed by atoms with E-state index in [-0.39, 0.29) is 12.4 Å². The molecule has 0 amide bonds. The van der Waals surface area contributed by atoms with Gasteiger partial charge < -0.3 is 5.32 Å². The maximum atomic E-state index is 13.2. The van der Waals surface area contributed by atoms with E-state index in [9.17, 15) is 22.0 Å².